The zero-order valence-corrected chi connectivity index (χ0v) is 14.3. The highest BCUT2D eigenvalue weighted by molar-refractivity contribution is 7.17. The fourth-order valence-corrected chi connectivity index (χ4v) is 2.81. The lowest BCUT2D eigenvalue weighted by Crippen LogP contribution is -2.14. The first-order valence-corrected chi connectivity index (χ1v) is 8.03. The van der Waals surface area contributed by atoms with Crippen LogP contribution < -0.4 is 10.1 Å². The van der Waals surface area contributed by atoms with E-state index in [1.165, 1.54) is 6.08 Å². The molecule has 0 aliphatic rings. The minimum atomic E-state index is -0.472. The van der Waals surface area contributed by atoms with Gasteiger partial charge in [0, 0.05) is 0 Å². The summed E-state index contributed by atoms with van der Waals surface area (Å²) in [5.41, 5.74) is 1.38. The van der Waals surface area contributed by atoms with Crippen LogP contribution in [0.5, 0.6) is 5.75 Å². The van der Waals surface area contributed by atoms with Gasteiger partial charge in [0.1, 0.15) is 17.2 Å². The molecular weight excluding hydrogens is 328 g/mol. The quantitative estimate of drug-likeness (QED) is 0.616. The number of methoxy groups -OCH3 is 1. The molecule has 0 aliphatic heterocycles. The number of aromatic nitrogens is 1. The number of amides is 1. The summed E-state index contributed by atoms with van der Waals surface area (Å²) >= 11 is 1.09. The number of esters is 1. The number of carbonyl (C=O) groups is 2. The van der Waals surface area contributed by atoms with Crippen molar-refractivity contribution in [1.29, 1.82) is 0 Å². The first-order valence-electron chi connectivity index (χ1n) is 7.21. The second-order valence-corrected chi connectivity index (χ2v) is 5.89. The molecule has 0 atom stereocenters. The summed E-state index contributed by atoms with van der Waals surface area (Å²) in [5, 5.41) is 3.07. The standard InChI is InChI=1S/C17H18N2O4S/c1-4-9-23-16(21)15-11(2)18-17(24-15)19-14(20)10-12-5-7-13(22-3)8-6-12/h4-8H,1,9-10H2,2-3H3,(H,18,19,20). The number of anilines is 1. The van der Waals surface area contributed by atoms with Crippen LogP contribution >= 0.6 is 11.3 Å². The van der Waals surface area contributed by atoms with Crippen LogP contribution in [-0.4, -0.2) is 30.6 Å². The Morgan fingerprint density at radius 1 is 1.33 bits per heavy atom. The van der Waals surface area contributed by atoms with E-state index in [-0.39, 0.29) is 18.9 Å². The summed E-state index contributed by atoms with van der Waals surface area (Å²) in [6.07, 6.45) is 1.70. The van der Waals surface area contributed by atoms with Crippen molar-refractivity contribution in [2.45, 2.75) is 13.3 Å². The molecular formula is C17H18N2O4S. The molecule has 2 rings (SSSR count). The molecule has 1 heterocycles. The lowest BCUT2D eigenvalue weighted by atomic mass is 10.1. The molecule has 1 N–H and O–H groups in total. The first kappa shape index (κ1) is 17.7. The largest absolute Gasteiger partial charge is 0.497 e. The molecule has 0 spiro atoms. The Morgan fingerprint density at radius 3 is 2.67 bits per heavy atom. The Balaban J connectivity index is 1.98. The Labute approximate surface area is 144 Å². The highest BCUT2D eigenvalue weighted by atomic mass is 32.1. The molecule has 1 aromatic heterocycles. The van der Waals surface area contributed by atoms with Gasteiger partial charge in [0.25, 0.3) is 0 Å². The van der Waals surface area contributed by atoms with E-state index in [4.69, 9.17) is 9.47 Å². The summed E-state index contributed by atoms with van der Waals surface area (Å²) in [6, 6.07) is 7.24. The second kappa shape index (κ2) is 8.26. The minimum absolute atomic E-state index is 0.134. The lowest BCUT2D eigenvalue weighted by molar-refractivity contribution is -0.115. The van der Waals surface area contributed by atoms with Crippen molar-refractivity contribution in [2.75, 3.05) is 19.0 Å². The molecule has 0 fully saturated rings. The predicted octanol–water partition coefficient (Wildman–Crippen LogP) is 2.98. The number of carbonyl (C=O) groups excluding carboxylic acids is 2. The number of ether oxygens (including phenoxy) is 2. The number of nitrogens with one attached hydrogen (secondary N) is 1. The second-order valence-electron chi connectivity index (χ2n) is 4.89. The molecule has 0 unspecified atom stereocenters. The van der Waals surface area contributed by atoms with E-state index < -0.39 is 5.97 Å². The third kappa shape index (κ3) is 4.66. The van der Waals surface area contributed by atoms with Crippen molar-refractivity contribution >= 4 is 28.3 Å². The monoisotopic (exact) mass is 346 g/mol. The van der Waals surface area contributed by atoms with E-state index in [0.29, 0.717) is 15.7 Å². The number of benzene rings is 1. The molecule has 0 saturated heterocycles. The van der Waals surface area contributed by atoms with Crippen LogP contribution in [0.1, 0.15) is 20.9 Å². The molecule has 2 aromatic rings. The van der Waals surface area contributed by atoms with Crippen molar-refractivity contribution in [3.8, 4) is 5.75 Å². The van der Waals surface area contributed by atoms with Crippen molar-refractivity contribution in [1.82, 2.24) is 4.98 Å². The maximum Gasteiger partial charge on any atom is 0.350 e. The SMILES string of the molecule is C=CCOC(=O)c1sc(NC(=O)Cc2ccc(OC)cc2)nc1C. The van der Waals surface area contributed by atoms with Crippen LogP contribution in [0.15, 0.2) is 36.9 Å². The number of rotatable bonds is 7. The molecule has 0 bridgehead atoms. The average molecular weight is 346 g/mol. The van der Waals surface area contributed by atoms with Gasteiger partial charge in [0.2, 0.25) is 5.91 Å². The minimum Gasteiger partial charge on any atom is -0.497 e. The zero-order valence-electron chi connectivity index (χ0n) is 13.5. The van der Waals surface area contributed by atoms with Gasteiger partial charge in [0.05, 0.1) is 19.2 Å². The third-order valence-corrected chi connectivity index (χ3v) is 4.14. The Hall–Kier alpha value is -2.67. The number of nitrogens with zero attached hydrogens (tertiary/aromatic N) is 1. The Morgan fingerprint density at radius 2 is 2.04 bits per heavy atom. The van der Waals surface area contributed by atoms with E-state index >= 15 is 0 Å². The van der Waals surface area contributed by atoms with Crippen molar-refractivity contribution in [2.24, 2.45) is 0 Å². The van der Waals surface area contributed by atoms with Crippen molar-refractivity contribution in [3.05, 3.63) is 53.1 Å². The van der Waals surface area contributed by atoms with Gasteiger partial charge < -0.3 is 14.8 Å². The van der Waals surface area contributed by atoms with E-state index in [1.807, 2.05) is 12.1 Å². The Bertz CT molecular complexity index is 738. The summed E-state index contributed by atoms with van der Waals surface area (Å²) in [7, 11) is 1.59. The summed E-state index contributed by atoms with van der Waals surface area (Å²) in [6.45, 7) is 5.32. The summed E-state index contributed by atoms with van der Waals surface area (Å²) in [4.78, 5) is 28.5. The highest BCUT2D eigenvalue weighted by Gasteiger charge is 2.17. The number of hydrogen-bond acceptors (Lipinski definition) is 6. The molecule has 126 valence electrons. The molecule has 6 nitrogen and oxygen atoms in total. The molecule has 24 heavy (non-hydrogen) atoms. The Kier molecular flexibility index (Phi) is 6.08. The number of thiazole rings is 1. The van der Waals surface area contributed by atoms with Crippen molar-refractivity contribution < 1.29 is 19.1 Å². The van der Waals surface area contributed by atoms with Gasteiger partial charge in [-0.1, -0.05) is 36.1 Å². The lowest BCUT2D eigenvalue weighted by Gasteiger charge is -2.03. The number of hydrogen-bond donors (Lipinski definition) is 1. The van der Waals surface area contributed by atoms with Crippen LogP contribution in [0.4, 0.5) is 5.13 Å². The fraction of sp³-hybridized carbons (Fsp3) is 0.235. The van der Waals surface area contributed by atoms with Gasteiger partial charge in [-0.05, 0) is 24.6 Å². The van der Waals surface area contributed by atoms with E-state index in [2.05, 4.69) is 16.9 Å². The molecule has 7 heteroatoms. The third-order valence-electron chi connectivity index (χ3n) is 3.08. The molecule has 1 amide bonds. The predicted molar refractivity (Wildman–Crippen MR) is 92.7 cm³/mol. The fourth-order valence-electron chi connectivity index (χ4n) is 1.93. The van der Waals surface area contributed by atoms with Gasteiger partial charge in [-0.25, -0.2) is 9.78 Å². The van der Waals surface area contributed by atoms with E-state index in [1.54, 1.807) is 26.2 Å². The molecule has 1 aromatic carbocycles. The smallest absolute Gasteiger partial charge is 0.350 e. The first-order chi connectivity index (χ1) is 11.5. The zero-order chi connectivity index (χ0) is 17.5. The molecule has 0 radical (unpaired) electrons. The van der Waals surface area contributed by atoms with Crippen molar-refractivity contribution in [3.63, 3.8) is 0 Å². The number of aryl methyl sites for hydroxylation is 1. The maximum absolute atomic E-state index is 12.1. The van der Waals surface area contributed by atoms with E-state index in [9.17, 15) is 9.59 Å². The van der Waals surface area contributed by atoms with Crippen LogP contribution in [-0.2, 0) is 16.0 Å². The van der Waals surface area contributed by atoms with Crippen LogP contribution in [0, 0.1) is 6.92 Å². The van der Waals surface area contributed by atoms with Crippen LogP contribution in [0.25, 0.3) is 0 Å². The maximum atomic E-state index is 12.1. The summed E-state index contributed by atoms with van der Waals surface area (Å²) in [5.74, 6) is 0.0536. The normalized spacial score (nSPS) is 10.1. The van der Waals surface area contributed by atoms with E-state index in [0.717, 1.165) is 22.6 Å². The molecule has 0 aliphatic carbocycles. The van der Waals surface area contributed by atoms with Gasteiger partial charge >= 0.3 is 5.97 Å². The van der Waals surface area contributed by atoms with Gasteiger partial charge in [-0.2, -0.15) is 0 Å². The van der Waals surface area contributed by atoms with Gasteiger partial charge in [0.15, 0.2) is 5.13 Å². The molecule has 0 saturated carbocycles. The average Bonchev–Trinajstić information content (AvgIpc) is 2.93. The van der Waals surface area contributed by atoms with Crippen LogP contribution in [0.3, 0.4) is 0 Å². The summed E-state index contributed by atoms with van der Waals surface area (Å²) < 4.78 is 10.1. The topological polar surface area (TPSA) is 77.5 Å². The highest BCUT2D eigenvalue weighted by Crippen LogP contribution is 2.23. The van der Waals surface area contributed by atoms with Crippen LogP contribution in [0.2, 0.25) is 0 Å². The van der Waals surface area contributed by atoms with Gasteiger partial charge in [-0.3, -0.25) is 4.79 Å². The van der Waals surface area contributed by atoms with Gasteiger partial charge in [-0.15, -0.1) is 0 Å².